The van der Waals surface area contributed by atoms with Crippen molar-refractivity contribution in [1.29, 1.82) is 0 Å². The van der Waals surface area contributed by atoms with Gasteiger partial charge in [0, 0.05) is 12.6 Å². The minimum absolute atomic E-state index is 0.113. The van der Waals surface area contributed by atoms with Gasteiger partial charge in [0.2, 0.25) is 5.91 Å². The average molecular weight is 411 g/mol. The van der Waals surface area contributed by atoms with Crippen molar-refractivity contribution in [2.24, 2.45) is 12.8 Å². The monoisotopic (exact) mass is 411 g/mol. The normalized spacial score (nSPS) is 10.6. The zero-order valence-corrected chi connectivity index (χ0v) is 16.9. The first-order valence-electron chi connectivity index (χ1n) is 8.93. The molecule has 0 radical (unpaired) electrons. The third-order valence-corrected chi connectivity index (χ3v) is 5.08. The molecule has 2 aromatic carbocycles. The van der Waals surface area contributed by atoms with E-state index < -0.39 is 5.91 Å². The second-order valence-corrected chi connectivity index (χ2v) is 7.01. The summed E-state index contributed by atoms with van der Waals surface area (Å²) in [5, 5.41) is 11.7. The molecule has 29 heavy (non-hydrogen) atoms. The Hall–Kier alpha value is -3.33. The van der Waals surface area contributed by atoms with Crippen LogP contribution in [-0.4, -0.2) is 38.9 Å². The van der Waals surface area contributed by atoms with Crippen LogP contribution in [0.5, 0.6) is 5.75 Å². The lowest BCUT2D eigenvalue weighted by Crippen LogP contribution is -2.19. The molecule has 0 aliphatic carbocycles. The van der Waals surface area contributed by atoms with Crippen LogP contribution in [0.15, 0.2) is 53.7 Å². The minimum Gasteiger partial charge on any atom is -0.494 e. The van der Waals surface area contributed by atoms with Crippen LogP contribution < -0.4 is 15.8 Å². The molecular formula is C20H21N5O3S. The van der Waals surface area contributed by atoms with Crippen LogP contribution in [0.1, 0.15) is 17.3 Å². The Bertz CT molecular complexity index is 1020. The molecule has 1 aromatic heterocycles. The maximum absolute atomic E-state index is 12.3. The first-order chi connectivity index (χ1) is 14.0. The number of nitrogens with one attached hydrogen (secondary N) is 1. The third-order valence-electron chi connectivity index (χ3n) is 4.06. The molecule has 0 bridgehead atoms. The molecule has 0 aliphatic rings. The first-order valence-corrected chi connectivity index (χ1v) is 9.92. The molecule has 0 unspecified atom stereocenters. The summed E-state index contributed by atoms with van der Waals surface area (Å²) in [5.41, 5.74) is 6.89. The van der Waals surface area contributed by atoms with Crippen molar-refractivity contribution in [3.63, 3.8) is 0 Å². The Kier molecular flexibility index (Phi) is 6.50. The van der Waals surface area contributed by atoms with Crippen molar-refractivity contribution in [2.75, 3.05) is 17.7 Å². The van der Waals surface area contributed by atoms with E-state index in [1.807, 2.05) is 42.8 Å². The number of hydrogen-bond donors (Lipinski definition) is 2. The Balaban J connectivity index is 1.65. The number of thioether (sulfide) groups is 1. The maximum Gasteiger partial charge on any atom is 0.250 e. The number of ether oxygens (including phenoxy) is 1. The highest BCUT2D eigenvalue weighted by Crippen LogP contribution is 2.25. The Labute approximate surface area is 172 Å². The molecule has 3 aromatic rings. The Morgan fingerprint density at radius 1 is 1.14 bits per heavy atom. The molecule has 9 heteroatoms. The summed E-state index contributed by atoms with van der Waals surface area (Å²) >= 11 is 1.25. The number of benzene rings is 2. The van der Waals surface area contributed by atoms with Crippen LogP contribution in [0.25, 0.3) is 11.4 Å². The third kappa shape index (κ3) is 4.94. The van der Waals surface area contributed by atoms with E-state index in [4.69, 9.17) is 10.5 Å². The number of carbonyl (C=O) groups is 2. The number of nitrogens with zero attached hydrogens (tertiary/aromatic N) is 3. The topological polar surface area (TPSA) is 112 Å². The fourth-order valence-electron chi connectivity index (χ4n) is 2.68. The maximum atomic E-state index is 12.3. The van der Waals surface area contributed by atoms with E-state index in [0.29, 0.717) is 23.3 Å². The van der Waals surface area contributed by atoms with E-state index in [-0.39, 0.29) is 17.2 Å². The summed E-state index contributed by atoms with van der Waals surface area (Å²) in [5.74, 6) is 0.731. The number of anilines is 1. The second-order valence-electron chi connectivity index (χ2n) is 6.07. The predicted octanol–water partition coefficient (Wildman–Crippen LogP) is 2.71. The van der Waals surface area contributed by atoms with Crippen molar-refractivity contribution in [3.8, 4) is 17.1 Å². The number of hydrogen-bond acceptors (Lipinski definition) is 6. The van der Waals surface area contributed by atoms with Crippen LogP contribution in [0.4, 0.5) is 5.69 Å². The summed E-state index contributed by atoms with van der Waals surface area (Å²) < 4.78 is 7.27. The SMILES string of the molecule is CCOc1ccc(-c2nnc(SCC(=O)Nc3ccccc3C(N)=O)n2C)cc1. The number of amides is 2. The van der Waals surface area contributed by atoms with Crippen LogP contribution in [0.2, 0.25) is 0 Å². The number of carbonyl (C=O) groups excluding carboxylic acids is 2. The highest BCUT2D eigenvalue weighted by molar-refractivity contribution is 7.99. The summed E-state index contributed by atoms with van der Waals surface area (Å²) in [4.78, 5) is 23.8. The van der Waals surface area contributed by atoms with Gasteiger partial charge in [-0.15, -0.1) is 10.2 Å². The van der Waals surface area contributed by atoms with Crippen molar-refractivity contribution in [3.05, 3.63) is 54.1 Å². The smallest absolute Gasteiger partial charge is 0.250 e. The molecule has 8 nitrogen and oxygen atoms in total. The molecule has 3 rings (SSSR count). The Morgan fingerprint density at radius 3 is 2.55 bits per heavy atom. The molecule has 2 amide bonds. The van der Waals surface area contributed by atoms with E-state index in [9.17, 15) is 9.59 Å². The average Bonchev–Trinajstić information content (AvgIpc) is 3.08. The lowest BCUT2D eigenvalue weighted by Gasteiger charge is -2.08. The number of aromatic nitrogens is 3. The van der Waals surface area contributed by atoms with Gasteiger partial charge in [-0.05, 0) is 43.3 Å². The lowest BCUT2D eigenvalue weighted by atomic mass is 10.1. The summed E-state index contributed by atoms with van der Waals surface area (Å²) in [7, 11) is 1.84. The number of rotatable bonds is 8. The van der Waals surface area contributed by atoms with Gasteiger partial charge in [0.25, 0.3) is 5.91 Å². The summed E-state index contributed by atoms with van der Waals surface area (Å²) in [6.45, 7) is 2.54. The van der Waals surface area contributed by atoms with Crippen molar-refractivity contribution in [1.82, 2.24) is 14.8 Å². The van der Waals surface area contributed by atoms with Crippen molar-refractivity contribution < 1.29 is 14.3 Å². The van der Waals surface area contributed by atoms with E-state index in [0.717, 1.165) is 11.3 Å². The van der Waals surface area contributed by atoms with Gasteiger partial charge >= 0.3 is 0 Å². The van der Waals surface area contributed by atoms with Crippen LogP contribution in [0.3, 0.4) is 0 Å². The number of para-hydroxylation sites is 1. The fourth-order valence-corrected chi connectivity index (χ4v) is 3.39. The van der Waals surface area contributed by atoms with Gasteiger partial charge in [0.05, 0.1) is 23.6 Å². The quantitative estimate of drug-likeness (QED) is 0.551. The molecule has 150 valence electrons. The van der Waals surface area contributed by atoms with Crippen molar-refractivity contribution >= 4 is 29.3 Å². The molecule has 0 aliphatic heterocycles. The molecule has 0 saturated heterocycles. The fraction of sp³-hybridized carbons (Fsp3) is 0.200. The molecule has 0 spiro atoms. The van der Waals surface area contributed by atoms with Gasteiger partial charge in [-0.3, -0.25) is 9.59 Å². The summed E-state index contributed by atoms with van der Waals surface area (Å²) in [6.07, 6.45) is 0. The highest BCUT2D eigenvalue weighted by Gasteiger charge is 2.15. The van der Waals surface area contributed by atoms with Crippen LogP contribution >= 0.6 is 11.8 Å². The van der Waals surface area contributed by atoms with Crippen molar-refractivity contribution in [2.45, 2.75) is 12.1 Å². The largest absolute Gasteiger partial charge is 0.494 e. The van der Waals surface area contributed by atoms with Gasteiger partial charge in [0.15, 0.2) is 11.0 Å². The first kappa shape index (κ1) is 20.4. The Morgan fingerprint density at radius 2 is 1.86 bits per heavy atom. The molecule has 3 N–H and O–H groups in total. The standard InChI is InChI=1S/C20H21N5O3S/c1-3-28-14-10-8-13(9-11-14)19-23-24-20(25(19)2)29-12-17(26)22-16-7-5-4-6-15(16)18(21)27/h4-11H,3,12H2,1-2H3,(H2,21,27)(H,22,26). The minimum atomic E-state index is -0.596. The molecular weight excluding hydrogens is 390 g/mol. The zero-order valence-electron chi connectivity index (χ0n) is 16.1. The van der Waals surface area contributed by atoms with E-state index >= 15 is 0 Å². The van der Waals surface area contributed by atoms with Gasteiger partial charge < -0.3 is 20.4 Å². The van der Waals surface area contributed by atoms with Gasteiger partial charge in [0.1, 0.15) is 5.75 Å². The summed E-state index contributed by atoms with van der Waals surface area (Å²) in [6, 6.07) is 14.2. The zero-order chi connectivity index (χ0) is 20.8. The number of primary amides is 1. The predicted molar refractivity (Wildman–Crippen MR) is 112 cm³/mol. The van der Waals surface area contributed by atoms with Gasteiger partial charge in [-0.2, -0.15) is 0 Å². The van der Waals surface area contributed by atoms with E-state index in [1.54, 1.807) is 24.3 Å². The van der Waals surface area contributed by atoms with Gasteiger partial charge in [-0.1, -0.05) is 23.9 Å². The lowest BCUT2D eigenvalue weighted by molar-refractivity contribution is -0.113. The highest BCUT2D eigenvalue weighted by atomic mass is 32.2. The second kappa shape index (κ2) is 9.24. The molecule has 0 saturated carbocycles. The van der Waals surface area contributed by atoms with E-state index in [1.165, 1.54) is 11.8 Å². The van der Waals surface area contributed by atoms with E-state index in [2.05, 4.69) is 15.5 Å². The van der Waals surface area contributed by atoms with Gasteiger partial charge in [-0.25, -0.2) is 0 Å². The number of nitrogens with two attached hydrogens (primary N) is 1. The van der Waals surface area contributed by atoms with Crippen LogP contribution in [0, 0.1) is 0 Å². The molecule has 0 atom stereocenters. The molecule has 0 fully saturated rings. The molecule has 1 heterocycles. The van der Waals surface area contributed by atoms with Crippen LogP contribution in [-0.2, 0) is 11.8 Å².